The van der Waals surface area contributed by atoms with Gasteiger partial charge in [0.15, 0.2) is 5.09 Å². The number of nitrogens with zero attached hydrogens (tertiary/aromatic N) is 3. The molecule has 0 bridgehead atoms. The lowest BCUT2D eigenvalue weighted by atomic mass is 9.97. The van der Waals surface area contributed by atoms with E-state index in [4.69, 9.17) is 4.42 Å². The van der Waals surface area contributed by atoms with Crippen molar-refractivity contribution in [1.82, 2.24) is 9.78 Å². The van der Waals surface area contributed by atoms with Crippen molar-refractivity contribution in [2.75, 3.05) is 0 Å². The minimum absolute atomic E-state index is 0.639. The van der Waals surface area contributed by atoms with Gasteiger partial charge in [-0.3, -0.25) is 9.89 Å². The average molecular weight is 450 g/mol. The molecule has 3 heterocycles. The van der Waals surface area contributed by atoms with Crippen LogP contribution in [-0.2, 0) is 7.05 Å². The molecule has 0 radical (unpaired) electrons. The zero-order chi connectivity index (χ0) is 16.7. The number of aryl methyl sites for hydroxylation is 1. The summed E-state index contributed by atoms with van der Waals surface area (Å²) in [6.07, 6.45) is 5.41. The standard InChI is InChI=1S/C17H13IN3O2S/c1-20-9-12(8-19-20)13-10-21(22)14-7-15(24-18)23-17(14)16(13)11-5-3-2-4-6-11/h2-10,22H,1H3/q+1. The number of halogens is 1. The first kappa shape index (κ1) is 15.5. The van der Waals surface area contributed by atoms with E-state index in [0.717, 1.165) is 32.1 Å². The molecule has 0 atom stereocenters. The van der Waals surface area contributed by atoms with Crippen LogP contribution in [0.5, 0.6) is 0 Å². The normalized spacial score (nSPS) is 11.2. The van der Waals surface area contributed by atoms with Crippen molar-refractivity contribution in [3.8, 4) is 22.3 Å². The minimum Gasteiger partial charge on any atom is -0.442 e. The topological polar surface area (TPSA) is 55.1 Å². The molecular weight excluding hydrogens is 437 g/mol. The van der Waals surface area contributed by atoms with Gasteiger partial charge in [0.1, 0.15) is 0 Å². The fourth-order valence-electron chi connectivity index (χ4n) is 2.80. The molecule has 0 aliphatic rings. The molecule has 1 aromatic carbocycles. The van der Waals surface area contributed by atoms with Gasteiger partial charge in [0, 0.05) is 50.3 Å². The van der Waals surface area contributed by atoms with E-state index in [0.29, 0.717) is 11.1 Å². The van der Waals surface area contributed by atoms with Crippen LogP contribution in [0.4, 0.5) is 0 Å². The van der Waals surface area contributed by atoms with Crippen molar-refractivity contribution in [2.45, 2.75) is 5.09 Å². The highest BCUT2D eigenvalue weighted by atomic mass is 127. The molecule has 4 rings (SSSR count). The summed E-state index contributed by atoms with van der Waals surface area (Å²) in [6, 6.07) is 11.9. The maximum atomic E-state index is 10.4. The first-order valence-corrected chi connectivity index (χ1v) is 10.6. The number of fused-ring (bicyclic) bond motifs is 1. The van der Waals surface area contributed by atoms with E-state index in [1.165, 1.54) is 8.93 Å². The second-order valence-electron chi connectivity index (χ2n) is 5.39. The predicted octanol–water partition coefficient (Wildman–Crippen LogP) is 4.47. The molecule has 5 nitrogen and oxygen atoms in total. The van der Waals surface area contributed by atoms with Gasteiger partial charge in [-0.05, 0) is 14.5 Å². The van der Waals surface area contributed by atoms with Crippen molar-refractivity contribution in [3.05, 3.63) is 55.0 Å². The molecular formula is C17H13IN3O2S+. The Balaban J connectivity index is 2.11. The Morgan fingerprint density at radius 2 is 2.04 bits per heavy atom. The molecule has 1 N–H and O–H groups in total. The van der Waals surface area contributed by atoms with Gasteiger partial charge in [-0.2, -0.15) is 5.10 Å². The van der Waals surface area contributed by atoms with Crippen LogP contribution in [0.25, 0.3) is 33.4 Å². The zero-order valence-electron chi connectivity index (χ0n) is 12.7. The van der Waals surface area contributed by atoms with Crippen molar-refractivity contribution >= 4 is 41.2 Å². The Bertz CT molecular complexity index is 1030. The number of rotatable bonds is 3. The third-order valence-corrected chi connectivity index (χ3v) is 5.49. The largest absolute Gasteiger partial charge is 0.442 e. The van der Waals surface area contributed by atoms with Crippen LogP contribution in [0.1, 0.15) is 0 Å². The van der Waals surface area contributed by atoms with Crippen molar-refractivity contribution in [1.29, 1.82) is 0 Å². The van der Waals surface area contributed by atoms with Crippen LogP contribution in [-0.4, -0.2) is 15.0 Å². The SMILES string of the molecule is Cn1cc(-c2c[n+](O)c3cc(SI)oc3c2-c2ccccc2)cn1. The van der Waals surface area contributed by atoms with Crippen LogP contribution in [0.3, 0.4) is 0 Å². The molecule has 24 heavy (non-hydrogen) atoms. The molecule has 0 saturated heterocycles. The maximum Gasteiger partial charge on any atom is 0.304 e. The third-order valence-electron chi connectivity index (χ3n) is 3.84. The highest BCUT2D eigenvalue weighted by Gasteiger charge is 2.25. The van der Waals surface area contributed by atoms with Gasteiger partial charge in [-0.1, -0.05) is 30.3 Å². The summed E-state index contributed by atoms with van der Waals surface area (Å²) in [5, 5.41) is 15.4. The van der Waals surface area contributed by atoms with Gasteiger partial charge in [-0.15, -0.1) is 0 Å². The number of furan rings is 1. The van der Waals surface area contributed by atoms with E-state index in [2.05, 4.69) is 26.3 Å². The Labute approximate surface area is 154 Å². The molecule has 0 saturated carbocycles. The summed E-state index contributed by atoms with van der Waals surface area (Å²) < 4.78 is 8.86. The highest BCUT2D eigenvalue weighted by Crippen LogP contribution is 2.39. The average Bonchev–Trinajstić information content (AvgIpc) is 3.22. The summed E-state index contributed by atoms with van der Waals surface area (Å²) in [4.78, 5) is 0. The third kappa shape index (κ3) is 2.57. The fourth-order valence-corrected chi connectivity index (χ4v) is 3.72. The van der Waals surface area contributed by atoms with Crippen molar-refractivity contribution < 1.29 is 14.4 Å². The number of hydrogen-bond donors (Lipinski definition) is 1. The molecule has 0 aliphatic heterocycles. The van der Waals surface area contributed by atoms with E-state index < -0.39 is 0 Å². The predicted molar refractivity (Wildman–Crippen MR) is 101 cm³/mol. The van der Waals surface area contributed by atoms with Crippen LogP contribution >= 0.6 is 30.1 Å². The number of hydrogen-bond acceptors (Lipinski definition) is 4. The maximum absolute atomic E-state index is 10.4. The summed E-state index contributed by atoms with van der Waals surface area (Å²) in [6.45, 7) is 0. The van der Waals surface area contributed by atoms with Crippen LogP contribution < -0.4 is 4.73 Å². The van der Waals surface area contributed by atoms with Gasteiger partial charge in [0.05, 0.1) is 17.8 Å². The number of benzene rings is 1. The molecule has 0 amide bonds. The molecule has 0 spiro atoms. The highest BCUT2D eigenvalue weighted by molar-refractivity contribution is 14.2. The first-order valence-electron chi connectivity index (χ1n) is 7.22. The van der Waals surface area contributed by atoms with Crippen LogP contribution in [0.2, 0.25) is 0 Å². The lowest BCUT2D eigenvalue weighted by Gasteiger charge is -2.06. The van der Waals surface area contributed by atoms with Gasteiger partial charge in [0.2, 0.25) is 11.8 Å². The van der Waals surface area contributed by atoms with E-state index in [1.54, 1.807) is 17.1 Å². The van der Waals surface area contributed by atoms with Crippen molar-refractivity contribution in [2.24, 2.45) is 7.05 Å². The van der Waals surface area contributed by atoms with E-state index in [9.17, 15) is 5.21 Å². The molecule has 0 unspecified atom stereocenters. The van der Waals surface area contributed by atoms with E-state index in [1.807, 2.05) is 49.6 Å². The number of pyridine rings is 1. The molecule has 3 aromatic heterocycles. The molecule has 0 aliphatic carbocycles. The van der Waals surface area contributed by atoms with Gasteiger partial charge in [-0.25, -0.2) is 0 Å². The first-order chi connectivity index (χ1) is 11.7. The zero-order valence-corrected chi connectivity index (χ0v) is 15.7. The Kier molecular flexibility index (Phi) is 3.97. The fraction of sp³-hybridized carbons (Fsp3) is 0.0588. The lowest BCUT2D eigenvalue weighted by molar-refractivity contribution is -0.884. The summed E-state index contributed by atoms with van der Waals surface area (Å²) in [5.74, 6) is 0. The van der Waals surface area contributed by atoms with Crippen molar-refractivity contribution in [3.63, 3.8) is 0 Å². The summed E-state index contributed by atoms with van der Waals surface area (Å²) in [5.41, 5.74) is 5.05. The smallest absolute Gasteiger partial charge is 0.304 e. The van der Waals surface area contributed by atoms with Gasteiger partial charge < -0.3 is 4.42 Å². The minimum atomic E-state index is 0.639. The van der Waals surface area contributed by atoms with Crippen LogP contribution in [0.15, 0.2) is 64.5 Å². The van der Waals surface area contributed by atoms with Crippen LogP contribution in [0, 0.1) is 0 Å². The Morgan fingerprint density at radius 1 is 1.25 bits per heavy atom. The Morgan fingerprint density at radius 3 is 2.71 bits per heavy atom. The molecule has 120 valence electrons. The summed E-state index contributed by atoms with van der Waals surface area (Å²) >= 11 is 2.17. The quantitative estimate of drug-likeness (QED) is 0.285. The second kappa shape index (κ2) is 6.14. The van der Waals surface area contributed by atoms with E-state index >= 15 is 0 Å². The van der Waals surface area contributed by atoms with Gasteiger partial charge in [0.25, 0.3) is 0 Å². The summed E-state index contributed by atoms with van der Waals surface area (Å²) in [7, 11) is 3.35. The molecule has 7 heteroatoms. The number of aromatic nitrogens is 3. The lowest BCUT2D eigenvalue weighted by Crippen LogP contribution is -2.30. The Hall–Kier alpha value is -2.00. The second-order valence-corrected chi connectivity index (χ2v) is 7.27. The molecule has 0 fully saturated rings. The monoisotopic (exact) mass is 450 g/mol. The van der Waals surface area contributed by atoms with Gasteiger partial charge >= 0.3 is 5.52 Å². The molecule has 4 aromatic rings. The van der Waals surface area contributed by atoms with E-state index in [-0.39, 0.29) is 0 Å².